The standard InChI is InChI=1S/C22H31N5O2/c1-24-22-5-4-19(14-21(22)23)29-20-6-9-25-16(13-20)12-18(28)15-27-10-7-17(8-11-27)26(2)3/h4-6,9,13-14,17,24H,7-8,10-12,15,23H2,1-3H3. The van der Waals surface area contributed by atoms with Crippen LogP contribution in [0.5, 0.6) is 11.5 Å². The number of carbonyl (C=O) groups is 1. The first-order valence-corrected chi connectivity index (χ1v) is 10.0. The molecule has 0 bridgehead atoms. The summed E-state index contributed by atoms with van der Waals surface area (Å²) in [6, 6.07) is 9.71. The van der Waals surface area contributed by atoms with E-state index in [9.17, 15) is 4.79 Å². The molecule has 0 amide bonds. The van der Waals surface area contributed by atoms with E-state index in [1.165, 1.54) is 0 Å². The summed E-state index contributed by atoms with van der Waals surface area (Å²) in [6.07, 6.45) is 4.20. The number of nitrogen functional groups attached to an aromatic ring is 1. The molecule has 0 spiro atoms. The van der Waals surface area contributed by atoms with Gasteiger partial charge < -0.3 is 20.7 Å². The number of anilines is 2. The zero-order valence-corrected chi connectivity index (χ0v) is 17.5. The maximum absolute atomic E-state index is 12.5. The molecule has 1 aromatic heterocycles. The summed E-state index contributed by atoms with van der Waals surface area (Å²) in [5.74, 6) is 1.47. The van der Waals surface area contributed by atoms with Crippen LogP contribution in [0.2, 0.25) is 0 Å². The molecule has 2 aromatic rings. The van der Waals surface area contributed by atoms with Gasteiger partial charge in [0.15, 0.2) is 5.78 Å². The maximum atomic E-state index is 12.5. The third kappa shape index (κ3) is 5.92. The van der Waals surface area contributed by atoms with Crippen LogP contribution < -0.4 is 15.8 Å². The van der Waals surface area contributed by atoms with E-state index >= 15 is 0 Å². The third-order valence-corrected chi connectivity index (χ3v) is 5.38. The van der Waals surface area contributed by atoms with Crippen molar-refractivity contribution in [3.63, 3.8) is 0 Å². The van der Waals surface area contributed by atoms with E-state index in [2.05, 4.69) is 34.2 Å². The lowest BCUT2D eigenvalue weighted by Gasteiger charge is -2.34. The van der Waals surface area contributed by atoms with Gasteiger partial charge in [0.05, 0.1) is 30.0 Å². The number of benzene rings is 1. The molecule has 0 radical (unpaired) electrons. The van der Waals surface area contributed by atoms with Gasteiger partial charge in [-0.05, 0) is 45.1 Å². The van der Waals surface area contributed by atoms with Crippen LogP contribution in [0.15, 0.2) is 36.5 Å². The molecule has 156 valence electrons. The molecule has 3 rings (SSSR count). The van der Waals surface area contributed by atoms with Gasteiger partial charge in [0.1, 0.15) is 11.5 Å². The van der Waals surface area contributed by atoms with Crippen molar-refractivity contribution in [1.82, 2.24) is 14.8 Å². The number of nitrogens with zero attached hydrogens (tertiary/aromatic N) is 3. The van der Waals surface area contributed by atoms with E-state index in [1.54, 1.807) is 18.3 Å². The Kier molecular flexibility index (Phi) is 7.06. The summed E-state index contributed by atoms with van der Waals surface area (Å²) in [7, 11) is 6.06. The molecule has 1 fully saturated rings. The minimum atomic E-state index is 0.181. The van der Waals surface area contributed by atoms with Crippen LogP contribution in [0.3, 0.4) is 0 Å². The van der Waals surface area contributed by atoms with E-state index in [0.717, 1.165) is 37.3 Å². The SMILES string of the molecule is CNc1ccc(Oc2ccnc(CC(=O)CN3CCC(N(C)C)CC3)c2)cc1N. The van der Waals surface area contributed by atoms with Crippen molar-refractivity contribution in [2.45, 2.75) is 25.3 Å². The Morgan fingerprint density at radius 3 is 2.62 bits per heavy atom. The van der Waals surface area contributed by atoms with Crippen LogP contribution in [0.1, 0.15) is 18.5 Å². The predicted octanol–water partition coefficient (Wildman–Crippen LogP) is 2.64. The average Bonchev–Trinajstić information content (AvgIpc) is 2.69. The van der Waals surface area contributed by atoms with E-state index in [4.69, 9.17) is 10.5 Å². The number of ketones is 1. The lowest BCUT2D eigenvalue weighted by atomic mass is 10.0. The zero-order chi connectivity index (χ0) is 20.8. The van der Waals surface area contributed by atoms with Gasteiger partial charge in [0.2, 0.25) is 0 Å². The number of rotatable bonds is 8. The summed E-state index contributed by atoms with van der Waals surface area (Å²) >= 11 is 0. The molecule has 1 saturated heterocycles. The van der Waals surface area contributed by atoms with E-state index in [-0.39, 0.29) is 5.78 Å². The van der Waals surface area contributed by atoms with E-state index < -0.39 is 0 Å². The van der Waals surface area contributed by atoms with Crippen LogP contribution in [0, 0.1) is 0 Å². The van der Waals surface area contributed by atoms with Gasteiger partial charge >= 0.3 is 0 Å². The fourth-order valence-corrected chi connectivity index (χ4v) is 3.69. The number of nitrogens with two attached hydrogens (primary N) is 1. The molecule has 0 aliphatic carbocycles. The van der Waals surface area contributed by atoms with Crippen LogP contribution in [0.4, 0.5) is 11.4 Å². The van der Waals surface area contributed by atoms with E-state index in [1.807, 2.05) is 25.2 Å². The molecule has 7 heteroatoms. The largest absolute Gasteiger partial charge is 0.457 e. The fraction of sp³-hybridized carbons (Fsp3) is 0.455. The van der Waals surface area contributed by atoms with Gasteiger partial charge in [0.25, 0.3) is 0 Å². The lowest BCUT2D eigenvalue weighted by Crippen LogP contribution is -2.43. The van der Waals surface area contributed by atoms with Gasteiger partial charge in [-0.25, -0.2) is 0 Å². The van der Waals surface area contributed by atoms with Crippen LogP contribution in [-0.4, -0.2) is 67.4 Å². The number of pyridine rings is 1. The molecule has 1 aliphatic heterocycles. The molecular weight excluding hydrogens is 366 g/mol. The zero-order valence-electron chi connectivity index (χ0n) is 17.5. The summed E-state index contributed by atoms with van der Waals surface area (Å²) in [4.78, 5) is 21.4. The minimum Gasteiger partial charge on any atom is -0.457 e. The van der Waals surface area contributed by atoms with Crippen molar-refractivity contribution in [1.29, 1.82) is 0 Å². The average molecular weight is 398 g/mol. The molecular formula is C22H31N5O2. The first kappa shape index (κ1) is 21.1. The van der Waals surface area contributed by atoms with Crippen LogP contribution >= 0.6 is 0 Å². The fourth-order valence-electron chi connectivity index (χ4n) is 3.69. The number of aromatic nitrogens is 1. The highest BCUT2D eigenvalue weighted by atomic mass is 16.5. The lowest BCUT2D eigenvalue weighted by molar-refractivity contribution is -0.120. The second kappa shape index (κ2) is 9.71. The minimum absolute atomic E-state index is 0.181. The number of hydrogen-bond donors (Lipinski definition) is 2. The normalized spacial score (nSPS) is 15.4. The molecule has 0 saturated carbocycles. The number of piperidine rings is 1. The Bertz CT molecular complexity index is 832. The molecule has 0 atom stereocenters. The number of nitrogens with one attached hydrogen (secondary N) is 1. The molecule has 3 N–H and O–H groups in total. The number of likely N-dealkylation sites (tertiary alicyclic amines) is 1. The van der Waals surface area contributed by atoms with Crippen molar-refractivity contribution < 1.29 is 9.53 Å². The second-order valence-electron chi connectivity index (χ2n) is 7.77. The van der Waals surface area contributed by atoms with Crippen molar-refractivity contribution in [2.24, 2.45) is 0 Å². The predicted molar refractivity (Wildman–Crippen MR) is 117 cm³/mol. The Morgan fingerprint density at radius 2 is 1.97 bits per heavy atom. The van der Waals surface area contributed by atoms with Crippen LogP contribution in [0.25, 0.3) is 0 Å². The number of Topliss-reactive ketones (excluding diaryl/α,β-unsaturated/α-hetero) is 1. The topological polar surface area (TPSA) is 83.7 Å². The van der Waals surface area contributed by atoms with Crippen molar-refractivity contribution >= 4 is 17.2 Å². The molecule has 29 heavy (non-hydrogen) atoms. The van der Waals surface area contributed by atoms with E-state index in [0.29, 0.717) is 36.2 Å². The highest BCUT2D eigenvalue weighted by Gasteiger charge is 2.22. The second-order valence-corrected chi connectivity index (χ2v) is 7.77. The maximum Gasteiger partial charge on any atom is 0.152 e. The molecule has 0 unspecified atom stereocenters. The van der Waals surface area contributed by atoms with Crippen molar-refractivity contribution in [3.8, 4) is 11.5 Å². The number of carbonyl (C=O) groups excluding carboxylic acids is 1. The first-order valence-electron chi connectivity index (χ1n) is 10.0. The Hall–Kier alpha value is -2.64. The molecule has 7 nitrogen and oxygen atoms in total. The van der Waals surface area contributed by atoms with Crippen molar-refractivity contribution in [3.05, 3.63) is 42.2 Å². The Labute approximate surface area is 172 Å². The van der Waals surface area contributed by atoms with Gasteiger partial charge in [-0.15, -0.1) is 0 Å². The summed E-state index contributed by atoms with van der Waals surface area (Å²) < 4.78 is 5.89. The molecule has 1 aromatic carbocycles. The summed E-state index contributed by atoms with van der Waals surface area (Å²) in [6.45, 7) is 2.42. The highest BCUT2D eigenvalue weighted by molar-refractivity contribution is 5.82. The van der Waals surface area contributed by atoms with Crippen molar-refractivity contribution in [2.75, 3.05) is 51.8 Å². The van der Waals surface area contributed by atoms with Gasteiger partial charge in [-0.3, -0.25) is 14.7 Å². The summed E-state index contributed by atoms with van der Waals surface area (Å²) in [5, 5.41) is 3.02. The van der Waals surface area contributed by atoms with Gasteiger partial charge in [-0.2, -0.15) is 0 Å². The Morgan fingerprint density at radius 1 is 1.24 bits per heavy atom. The number of hydrogen-bond acceptors (Lipinski definition) is 7. The highest BCUT2D eigenvalue weighted by Crippen LogP contribution is 2.28. The monoisotopic (exact) mass is 397 g/mol. The van der Waals surface area contributed by atoms with Gasteiger partial charge in [0, 0.05) is 44.5 Å². The van der Waals surface area contributed by atoms with Crippen LogP contribution in [-0.2, 0) is 11.2 Å². The third-order valence-electron chi connectivity index (χ3n) is 5.38. The Balaban J connectivity index is 1.54. The molecule has 2 heterocycles. The van der Waals surface area contributed by atoms with Gasteiger partial charge in [-0.1, -0.05) is 0 Å². The smallest absolute Gasteiger partial charge is 0.152 e. The quantitative estimate of drug-likeness (QED) is 0.663. The first-order chi connectivity index (χ1) is 13.9. The molecule has 1 aliphatic rings. The number of ether oxygens (including phenoxy) is 1. The summed E-state index contributed by atoms with van der Waals surface area (Å²) in [5.41, 5.74) is 8.18.